The first-order valence-electron chi connectivity index (χ1n) is 23.3. The van der Waals surface area contributed by atoms with Crippen LogP contribution in [0.2, 0.25) is 0 Å². The first kappa shape index (κ1) is 42.0. The summed E-state index contributed by atoms with van der Waals surface area (Å²) in [6.07, 6.45) is 0. The molecule has 0 spiro atoms. The third-order valence-electron chi connectivity index (χ3n) is 14.5. The first-order valence-corrected chi connectivity index (χ1v) is 23.3. The Labute approximate surface area is 402 Å². The van der Waals surface area contributed by atoms with Crippen LogP contribution in [0.4, 0.5) is 44.2 Å². The summed E-state index contributed by atoms with van der Waals surface area (Å²) in [6.45, 7) is 17.6. The van der Waals surface area contributed by atoms with Crippen molar-refractivity contribution in [1.82, 2.24) is 4.90 Å². The molecular weight excluding hydrogens is 852 g/mol. The van der Waals surface area contributed by atoms with E-state index in [2.05, 4.69) is 105 Å². The van der Waals surface area contributed by atoms with Gasteiger partial charge in [0, 0.05) is 11.1 Å². The van der Waals surface area contributed by atoms with Gasteiger partial charge < -0.3 is 19.3 Å². The zero-order chi connectivity index (χ0) is 47.2. The van der Waals surface area contributed by atoms with Crippen molar-refractivity contribution in [3.63, 3.8) is 0 Å². The number of benzene rings is 9. The van der Waals surface area contributed by atoms with Crippen LogP contribution in [0, 0.1) is 12.4 Å². The lowest BCUT2D eigenvalue weighted by Crippen LogP contribution is -2.42. The van der Waals surface area contributed by atoms with Crippen molar-refractivity contribution in [1.29, 1.82) is 0 Å². The average Bonchev–Trinajstić information content (AvgIpc) is 3.53. The summed E-state index contributed by atoms with van der Waals surface area (Å²) < 4.78 is 33.6. The summed E-state index contributed by atoms with van der Waals surface area (Å²) in [5.41, 5.74) is 11.4. The van der Waals surface area contributed by atoms with Crippen molar-refractivity contribution in [3.8, 4) is 67.5 Å². The summed E-state index contributed by atoms with van der Waals surface area (Å²) in [4.78, 5) is 10.6. The number of fused-ring (bicyclic) bond motifs is 5. The van der Waals surface area contributed by atoms with Gasteiger partial charge in [-0.2, -0.15) is 0 Å². The molecule has 9 aromatic rings. The summed E-state index contributed by atoms with van der Waals surface area (Å²) in [6, 6.07) is 65.1. The van der Waals surface area contributed by atoms with Gasteiger partial charge in [0.15, 0.2) is 28.8 Å². The molecule has 3 heterocycles. The van der Waals surface area contributed by atoms with Gasteiger partial charge in [-0.25, -0.2) is 9.24 Å². The van der Waals surface area contributed by atoms with Crippen LogP contribution in [0.5, 0.6) is 23.0 Å². The molecule has 0 saturated heterocycles. The highest BCUT2D eigenvalue weighted by molar-refractivity contribution is 6.00. The SMILES string of the molecule is [C-]#[N+]c1c(N2c3ccc(-c4ccccc4)cc3Oc3cc(-c4ccccc4)ccc32)c(F)c(N2c3ccc(-c4ccccc4)cc3Oc3cc(-c4ccccc4)ccc32)c2c1C(C)(C)N(C)C2(C)C. The van der Waals surface area contributed by atoms with Crippen LogP contribution >= 0.6 is 0 Å². The normalized spacial score (nSPS) is 14.9. The molecule has 9 aromatic carbocycles. The van der Waals surface area contributed by atoms with E-state index in [1.165, 1.54) is 0 Å². The predicted molar refractivity (Wildman–Crippen MR) is 278 cm³/mol. The Kier molecular flexibility index (Phi) is 9.63. The number of rotatable bonds is 6. The number of anilines is 6. The van der Waals surface area contributed by atoms with Crippen LogP contribution in [0.15, 0.2) is 194 Å². The molecule has 0 aromatic heterocycles. The molecule has 0 unspecified atom stereocenters. The van der Waals surface area contributed by atoms with Crippen LogP contribution in [-0.4, -0.2) is 11.9 Å². The zero-order valence-corrected chi connectivity index (χ0v) is 39.0. The summed E-state index contributed by atoms with van der Waals surface area (Å²) in [5, 5.41) is 0. The van der Waals surface area contributed by atoms with E-state index < -0.39 is 16.9 Å². The molecule has 0 N–H and O–H groups in total. The topological polar surface area (TPSA) is 32.5 Å². The maximum atomic E-state index is 19.7. The Morgan fingerprint density at radius 3 is 1.03 bits per heavy atom. The number of hydrogen-bond donors (Lipinski definition) is 0. The fourth-order valence-corrected chi connectivity index (χ4v) is 10.8. The molecule has 3 aliphatic heterocycles. The molecule has 0 bridgehead atoms. The van der Waals surface area contributed by atoms with Crippen LogP contribution < -0.4 is 19.3 Å². The molecule has 0 saturated carbocycles. The van der Waals surface area contributed by atoms with E-state index in [1.54, 1.807) is 0 Å². The summed E-state index contributed by atoms with van der Waals surface area (Å²) in [5.74, 6) is 1.74. The number of hydrogen-bond acceptors (Lipinski definition) is 5. The standard InChI is InChI=1S/C62H47FN4O2/c1-61(2)55-56(62(3,4)65(61)6)59(66-47-31-27-43(39-19-11-7-12-20-39)35-51(47)68-52-36-44(28-32-48(52)66)40-21-13-8-14-22-40)57(63)60(58(55)64-5)67-49-33-29-45(41-23-15-9-16-24-41)37-53(49)69-54-38-46(30-34-50(54)67)42-25-17-10-18-26-42/h7-38H,1-4,6H3. The Morgan fingerprint density at radius 1 is 0.406 bits per heavy atom. The molecule has 334 valence electrons. The third-order valence-corrected chi connectivity index (χ3v) is 14.5. The van der Waals surface area contributed by atoms with Gasteiger partial charge in [0.05, 0.1) is 40.7 Å². The average molecular weight is 899 g/mol. The molecule has 0 atom stereocenters. The van der Waals surface area contributed by atoms with Crippen LogP contribution in [0.25, 0.3) is 49.4 Å². The Balaban J connectivity index is 1.17. The maximum Gasteiger partial charge on any atom is 0.219 e. The third kappa shape index (κ3) is 6.55. The van der Waals surface area contributed by atoms with Gasteiger partial charge in [-0.1, -0.05) is 146 Å². The summed E-state index contributed by atoms with van der Waals surface area (Å²) in [7, 11) is 2.07. The van der Waals surface area contributed by atoms with E-state index >= 15 is 4.39 Å². The van der Waals surface area contributed by atoms with Gasteiger partial charge in [0.2, 0.25) is 5.69 Å². The second-order valence-corrected chi connectivity index (χ2v) is 19.0. The molecule has 0 aliphatic carbocycles. The minimum absolute atomic E-state index is 0.153. The lowest BCUT2D eigenvalue weighted by atomic mass is 9.85. The predicted octanol–water partition coefficient (Wildman–Crippen LogP) is 17.6. The van der Waals surface area contributed by atoms with E-state index in [0.717, 1.165) is 55.6 Å². The van der Waals surface area contributed by atoms with Crippen molar-refractivity contribution >= 4 is 39.8 Å². The van der Waals surface area contributed by atoms with Crippen molar-refractivity contribution in [2.45, 2.75) is 38.8 Å². The second kappa shape index (κ2) is 15.8. The zero-order valence-electron chi connectivity index (χ0n) is 39.0. The Hall–Kier alpha value is -8.44. The van der Waals surface area contributed by atoms with Gasteiger partial charge in [-0.15, -0.1) is 0 Å². The number of halogens is 1. The molecular formula is C62H47FN4O2. The number of ether oxygens (including phenoxy) is 2. The monoisotopic (exact) mass is 898 g/mol. The molecule has 69 heavy (non-hydrogen) atoms. The minimum atomic E-state index is -0.741. The fourth-order valence-electron chi connectivity index (χ4n) is 10.8. The molecule has 7 heteroatoms. The largest absolute Gasteiger partial charge is 0.453 e. The highest BCUT2D eigenvalue weighted by Crippen LogP contribution is 2.65. The smallest absolute Gasteiger partial charge is 0.219 e. The minimum Gasteiger partial charge on any atom is -0.453 e. The summed E-state index contributed by atoms with van der Waals surface area (Å²) >= 11 is 0. The molecule has 6 nitrogen and oxygen atoms in total. The van der Waals surface area contributed by atoms with E-state index in [0.29, 0.717) is 51.4 Å². The van der Waals surface area contributed by atoms with Crippen LogP contribution in [-0.2, 0) is 11.1 Å². The quantitative estimate of drug-likeness (QED) is 0.155. The van der Waals surface area contributed by atoms with Crippen molar-refractivity contribution < 1.29 is 13.9 Å². The van der Waals surface area contributed by atoms with Crippen molar-refractivity contribution in [2.24, 2.45) is 0 Å². The Morgan fingerprint density at radius 2 is 0.710 bits per heavy atom. The highest BCUT2D eigenvalue weighted by atomic mass is 19.1. The van der Waals surface area contributed by atoms with E-state index in [1.807, 2.05) is 143 Å². The van der Waals surface area contributed by atoms with Crippen LogP contribution in [0.1, 0.15) is 38.8 Å². The number of nitrogens with zero attached hydrogens (tertiary/aromatic N) is 4. The molecule has 0 fully saturated rings. The van der Waals surface area contributed by atoms with Crippen molar-refractivity contribution in [3.05, 3.63) is 222 Å². The van der Waals surface area contributed by atoms with E-state index in [9.17, 15) is 0 Å². The lowest BCUT2D eigenvalue weighted by Gasteiger charge is -2.40. The lowest BCUT2D eigenvalue weighted by molar-refractivity contribution is 0.0735. The van der Waals surface area contributed by atoms with Crippen LogP contribution in [0.3, 0.4) is 0 Å². The fraction of sp³-hybridized carbons (Fsp3) is 0.113. The molecule has 12 rings (SSSR count). The van der Waals surface area contributed by atoms with E-state index in [-0.39, 0.29) is 11.4 Å². The molecule has 0 radical (unpaired) electrons. The Bertz CT molecular complexity index is 3370. The van der Waals surface area contributed by atoms with Crippen molar-refractivity contribution in [2.75, 3.05) is 16.8 Å². The van der Waals surface area contributed by atoms with Gasteiger partial charge in [0.1, 0.15) is 0 Å². The second-order valence-electron chi connectivity index (χ2n) is 19.0. The highest BCUT2D eigenvalue weighted by Gasteiger charge is 2.53. The van der Waals surface area contributed by atoms with Gasteiger partial charge in [-0.05, 0) is 139 Å². The van der Waals surface area contributed by atoms with Gasteiger partial charge >= 0.3 is 0 Å². The first-order chi connectivity index (χ1) is 33.5. The van der Waals surface area contributed by atoms with Gasteiger partial charge in [-0.3, -0.25) is 4.90 Å². The van der Waals surface area contributed by atoms with E-state index in [4.69, 9.17) is 16.0 Å². The maximum absolute atomic E-state index is 19.7. The van der Waals surface area contributed by atoms with Gasteiger partial charge in [0.25, 0.3) is 0 Å². The molecule has 0 amide bonds. The molecule has 3 aliphatic rings.